The number of rotatable bonds is 4. The van der Waals surface area contributed by atoms with Crippen LogP contribution < -0.4 is 16.8 Å². The van der Waals surface area contributed by atoms with E-state index in [1.54, 1.807) is 6.08 Å². The Morgan fingerprint density at radius 1 is 1.53 bits per heavy atom. The van der Waals surface area contributed by atoms with Crippen molar-refractivity contribution in [3.63, 3.8) is 0 Å². The van der Waals surface area contributed by atoms with Gasteiger partial charge in [-0.1, -0.05) is 6.08 Å². The van der Waals surface area contributed by atoms with Gasteiger partial charge >= 0.3 is 5.97 Å². The van der Waals surface area contributed by atoms with Crippen LogP contribution in [0.4, 0.5) is 0 Å². The first-order valence-electron chi connectivity index (χ1n) is 6.09. The number of nitrogens with zero attached hydrogens (tertiary/aromatic N) is 1. The first-order chi connectivity index (χ1) is 8.81. The maximum Gasteiger partial charge on any atom is 0.331 e. The fourth-order valence-electron chi connectivity index (χ4n) is 2.37. The molecule has 1 amide bonds. The summed E-state index contributed by atoms with van der Waals surface area (Å²) in [5.41, 5.74) is 11.1. The van der Waals surface area contributed by atoms with E-state index >= 15 is 0 Å². The van der Waals surface area contributed by atoms with Crippen molar-refractivity contribution in [1.82, 2.24) is 5.32 Å². The summed E-state index contributed by atoms with van der Waals surface area (Å²) in [6, 6.07) is -0.458. The summed E-state index contributed by atoms with van der Waals surface area (Å²) < 4.78 is 0. The van der Waals surface area contributed by atoms with E-state index in [9.17, 15) is 9.59 Å². The lowest BCUT2D eigenvalue weighted by atomic mass is 9.81. The zero-order valence-corrected chi connectivity index (χ0v) is 11.1. The lowest BCUT2D eigenvalue weighted by molar-refractivity contribution is -0.133. The molecule has 3 atom stereocenters. The molecule has 7 nitrogen and oxygen atoms in total. The van der Waals surface area contributed by atoms with Gasteiger partial charge in [0.1, 0.15) is 0 Å². The van der Waals surface area contributed by atoms with Crippen LogP contribution in [0.2, 0.25) is 0 Å². The third-order valence-corrected chi connectivity index (χ3v) is 3.22. The third-order valence-electron chi connectivity index (χ3n) is 3.22. The highest BCUT2D eigenvalue weighted by atomic mass is 16.4. The molecule has 0 unspecified atom stereocenters. The van der Waals surface area contributed by atoms with Crippen LogP contribution in [0.25, 0.3) is 0 Å². The predicted octanol–water partition coefficient (Wildman–Crippen LogP) is -0.426. The van der Waals surface area contributed by atoms with Crippen LogP contribution in [-0.4, -0.2) is 35.0 Å². The van der Waals surface area contributed by atoms with Gasteiger partial charge in [-0.15, -0.1) is 0 Å². The third kappa shape index (κ3) is 4.27. The van der Waals surface area contributed by atoms with Crippen LogP contribution in [-0.2, 0) is 9.59 Å². The molecule has 1 rings (SSSR count). The minimum absolute atomic E-state index is 0.0194. The highest BCUT2D eigenvalue weighted by Gasteiger charge is 2.32. The van der Waals surface area contributed by atoms with Gasteiger partial charge in [0.05, 0.1) is 6.04 Å². The average molecular weight is 268 g/mol. The van der Waals surface area contributed by atoms with Gasteiger partial charge in [-0.05, 0) is 13.3 Å². The van der Waals surface area contributed by atoms with Gasteiger partial charge in [0.2, 0.25) is 5.91 Å². The molecule has 0 aromatic carbocycles. The van der Waals surface area contributed by atoms with Crippen LogP contribution >= 0.6 is 0 Å². The zero-order chi connectivity index (χ0) is 14.6. The summed E-state index contributed by atoms with van der Waals surface area (Å²) in [7, 11) is 0. The Kier molecular flexibility index (Phi) is 4.91. The molecule has 7 heteroatoms. The molecule has 0 aliphatic heterocycles. The molecule has 0 fully saturated rings. The molecular formula is C12H20N4O3. The predicted molar refractivity (Wildman–Crippen MR) is 71.3 cm³/mol. The number of guanidine groups is 1. The minimum atomic E-state index is -0.957. The molecule has 1 aliphatic carbocycles. The van der Waals surface area contributed by atoms with E-state index in [0.717, 1.165) is 0 Å². The van der Waals surface area contributed by atoms with Gasteiger partial charge in [-0.25, -0.2) is 9.79 Å². The molecule has 0 saturated heterocycles. The van der Waals surface area contributed by atoms with Crippen LogP contribution in [0.1, 0.15) is 26.7 Å². The van der Waals surface area contributed by atoms with E-state index < -0.39 is 5.97 Å². The number of hydrogen-bond acceptors (Lipinski definition) is 3. The number of amides is 1. The van der Waals surface area contributed by atoms with Crippen LogP contribution in [0.5, 0.6) is 0 Å². The molecule has 0 spiro atoms. The van der Waals surface area contributed by atoms with Gasteiger partial charge < -0.3 is 21.9 Å². The Hall–Kier alpha value is -2.05. The number of aliphatic imine (C=N–C) groups is 1. The molecule has 6 N–H and O–H groups in total. The first kappa shape index (κ1) is 15.0. The fraction of sp³-hybridized carbons (Fsp3) is 0.583. The number of carboxylic acid groups (broad SMARTS) is 1. The van der Waals surface area contributed by atoms with Crippen LogP contribution in [0.15, 0.2) is 16.6 Å². The van der Waals surface area contributed by atoms with Crippen molar-refractivity contribution in [2.75, 3.05) is 0 Å². The van der Waals surface area contributed by atoms with E-state index in [0.29, 0.717) is 12.0 Å². The van der Waals surface area contributed by atoms with E-state index in [1.807, 2.05) is 6.92 Å². The SMILES string of the molecule is CC(=O)N[C@@H](C)[C@@H]1CC=C(C(=O)O)C[C@@H]1N=C(N)N. The van der Waals surface area contributed by atoms with Gasteiger partial charge in [-0.2, -0.15) is 0 Å². The van der Waals surface area contributed by atoms with Crippen molar-refractivity contribution >= 4 is 17.8 Å². The Bertz CT molecular complexity index is 427. The quantitative estimate of drug-likeness (QED) is 0.406. The molecule has 0 radical (unpaired) electrons. The van der Waals surface area contributed by atoms with E-state index in [2.05, 4.69) is 10.3 Å². The Morgan fingerprint density at radius 2 is 2.16 bits per heavy atom. The average Bonchev–Trinajstić information content (AvgIpc) is 2.26. The summed E-state index contributed by atoms with van der Waals surface area (Å²) in [6.45, 7) is 3.30. The highest BCUT2D eigenvalue weighted by molar-refractivity contribution is 5.87. The Balaban J connectivity index is 2.91. The largest absolute Gasteiger partial charge is 0.478 e. The normalized spacial score (nSPS) is 24.0. The number of carbonyl (C=O) groups excluding carboxylic acids is 1. The van der Waals surface area contributed by atoms with Crippen molar-refractivity contribution < 1.29 is 14.7 Å². The Labute approximate surface area is 111 Å². The van der Waals surface area contributed by atoms with Crippen molar-refractivity contribution in [1.29, 1.82) is 0 Å². The van der Waals surface area contributed by atoms with E-state index in [4.69, 9.17) is 16.6 Å². The van der Waals surface area contributed by atoms with Gasteiger partial charge in [-0.3, -0.25) is 4.79 Å². The van der Waals surface area contributed by atoms with Gasteiger partial charge in [0.25, 0.3) is 0 Å². The molecular weight excluding hydrogens is 248 g/mol. The van der Waals surface area contributed by atoms with Gasteiger partial charge in [0, 0.05) is 30.9 Å². The number of nitrogens with one attached hydrogen (secondary N) is 1. The number of carbonyl (C=O) groups is 2. The van der Waals surface area contributed by atoms with Crippen LogP contribution in [0, 0.1) is 5.92 Å². The van der Waals surface area contributed by atoms with E-state index in [-0.39, 0.29) is 36.3 Å². The monoisotopic (exact) mass is 268 g/mol. The first-order valence-corrected chi connectivity index (χ1v) is 6.09. The lowest BCUT2D eigenvalue weighted by Crippen LogP contribution is -2.44. The van der Waals surface area contributed by atoms with Crippen molar-refractivity contribution in [3.05, 3.63) is 11.6 Å². The van der Waals surface area contributed by atoms with E-state index in [1.165, 1.54) is 6.92 Å². The lowest BCUT2D eigenvalue weighted by Gasteiger charge is -2.32. The standard InChI is InChI=1S/C12H20N4O3/c1-6(15-7(2)17)9-4-3-8(11(18)19)5-10(9)16-12(13)14/h3,6,9-10H,4-5H2,1-2H3,(H,15,17)(H,18,19)(H4,13,14,16)/t6-,9-,10-/m0/s1. The second-order valence-electron chi connectivity index (χ2n) is 4.75. The van der Waals surface area contributed by atoms with Crippen molar-refractivity contribution in [2.24, 2.45) is 22.4 Å². The Morgan fingerprint density at radius 3 is 2.63 bits per heavy atom. The number of allylic oxidation sites excluding steroid dienone is 1. The molecule has 0 bridgehead atoms. The maximum atomic E-state index is 11.1. The maximum absolute atomic E-state index is 11.1. The number of hydrogen-bond donors (Lipinski definition) is 4. The summed E-state index contributed by atoms with van der Waals surface area (Å²) in [6.07, 6.45) is 2.45. The zero-order valence-electron chi connectivity index (χ0n) is 11.1. The second-order valence-corrected chi connectivity index (χ2v) is 4.75. The number of aliphatic carboxylic acids is 1. The summed E-state index contributed by atoms with van der Waals surface area (Å²) in [4.78, 5) is 26.2. The molecule has 19 heavy (non-hydrogen) atoms. The molecule has 0 heterocycles. The number of nitrogens with two attached hydrogens (primary N) is 2. The second kappa shape index (κ2) is 6.21. The summed E-state index contributed by atoms with van der Waals surface area (Å²) in [5, 5.41) is 11.8. The van der Waals surface area contributed by atoms with Crippen LogP contribution in [0.3, 0.4) is 0 Å². The molecule has 106 valence electrons. The summed E-state index contributed by atoms with van der Waals surface area (Å²) in [5.74, 6) is -1.18. The van der Waals surface area contributed by atoms with Crippen molar-refractivity contribution in [3.8, 4) is 0 Å². The molecule has 1 aliphatic rings. The molecule has 0 saturated carbocycles. The highest BCUT2D eigenvalue weighted by Crippen LogP contribution is 2.29. The molecule has 0 aromatic rings. The minimum Gasteiger partial charge on any atom is -0.478 e. The summed E-state index contributed by atoms with van der Waals surface area (Å²) >= 11 is 0. The fourth-order valence-corrected chi connectivity index (χ4v) is 2.37. The smallest absolute Gasteiger partial charge is 0.331 e. The van der Waals surface area contributed by atoms with Crippen molar-refractivity contribution in [2.45, 2.75) is 38.8 Å². The molecule has 0 aromatic heterocycles. The number of carboxylic acids is 1. The van der Waals surface area contributed by atoms with Gasteiger partial charge in [0.15, 0.2) is 5.96 Å². The topological polar surface area (TPSA) is 131 Å².